The van der Waals surface area contributed by atoms with E-state index in [-0.39, 0.29) is 17.2 Å². The quantitative estimate of drug-likeness (QED) is 0.805. The lowest BCUT2D eigenvalue weighted by Crippen LogP contribution is -2.59. The molecule has 0 amide bonds. The maximum absolute atomic E-state index is 9.08. The van der Waals surface area contributed by atoms with Crippen molar-refractivity contribution in [2.75, 3.05) is 26.2 Å². The summed E-state index contributed by atoms with van der Waals surface area (Å²) in [4.78, 5) is 2.32. The second-order valence-corrected chi connectivity index (χ2v) is 6.03. The van der Waals surface area contributed by atoms with Crippen molar-refractivity contribution in [2.24, 2.45) is 0 Å². The molecule has 1 aliphatic heterocycles. The topological polar surface area (TPSA) is 48.3 Å². The zero-order valence-corrected chi connectivity index (χ0v) is 11.7. The van der Waals surface area contributed by atoms with Crippen molar-refractivity contribution in [1.82, 2.24) is 10.2 Å². The van der Waals surface area contributed by atoms with Gasteiger partial charge in [0, 0.05) is 19.6 Å². The van der Waals surface area contributed by atoms with Gasteiger partial charge in [-0.05, 0) is 34.2 Å². The first-order valence-corrected chi connectivity index (χ1v) is 6.33. The number of likely N-dealkylation sites (N-methyl/N-ethyl adjacent to an activating group) is 1. The molecule has 0 aromatic carbocycles. The molecule has 0 aromatic heterocycles. The number of nitrogens with zero attached hydrogens (tertiary/aromatic N) is 2. The van der Waals surface area contributed by atoms with Crippen LogP contribution in [0.25, 0.3) is 0 Å². The van der Waals surface area contributed by atoms with Crippen LogP contribution in [0.3, 0.4) is 0 Å². The Morgan fingerprint density at radius 3 is 2.24 bits per heavy atom. The lowest BCUT2D eigenvalue weighted by Gasteiger charge is -2.47. The van der Waals surface area contributed by atoms with Crippen molar-refractivity contribution in [1.29, 1.82) is 5.26 Å². The number of hydrogen-bond acceptors (Lipinski definition) is 4. The number of ether oxygens (including phenoxy) is 1. The summed E-state index contributed by atoms with van der Waals surface area (Å²) in [6.45, 7) is 13.8. The third kappa shape index (κ3) is 4.63. The van der Waals surface area contributed by atoms with E-state index in [1.807, 2.05) is 6.92 Å². The largest absolute Gasteiger partial charge is 0.367 e. The van der Waals surface area contributed by atoms with Gasteiger partial charge in [-0.15, -0.1) is 0 Å². The van der Waals surface area contributed by atoms with Crippen molar-refractivity contribution < 1.29 is 4.74 Å². The van der Waals surface area contributed by atoms with Crippen molar-refractivity contribution in [2.45, 2.75) is 51.9 Å². The monoisotopic (exact) mass is 239 g/mol. The second kappa shape index (κ2) is 5.34. The third-order valence-electron chi connectivity index (χ3n) is 2.81. The zero-order chi connectivity index (χ0) is 13.1. The minimum Gasteiger partial charge on any atom is -0.367 e. The summed E-state index contributed by atoms with van der Waals surface area (Å²) in [6.07, 6.45) is 0. The molecular formula is C13H25N3O. The Balaban J connectivity index is 2.62. The number of nitrogens with one attached hydrogen (secondary N) is 1. The van der Waals surface area contributed by atoms with E-state index in [1.165, 1.54) is 0 Å². The average molecular weight is 239 g/mol. The van der Waals surface area contributed by atoms with Crippen LogP contribution >= 0.6 is 0 Å². The predicted octanol–water partition coefficient (Wildman–Crippen LogP) is 1.38. The van der Waals surface area contributed by atoms with Crippen LogP contribution in [0.2, 0.25) is 0 Å². The molecule has 1 atom stereocenters. The first-order chi connectivity index (χ1) is 7.78. The van der Waals surface area contributed by atoms with Gasteiger partial charge in [0.15, 0.2) is 0 Å². The molecule has 0 aliphatic carbocycles. The molecule has 1 aliphatic rings. The second-order valence-electron chi connectivity index (χ2n) is 6.03. The van der Waals surface area contributed by atoms with Crippen LogP contribution in [0, 0.1) is 11.3 Å². The van der Waals surface area contributed by atoms with Crippen molar-refractivity contribution >= 4 is 0 Å². The number of nitriles is 1. The van der Waals surface area contributed by atoms with E-state index >= 15 is 0 Å². The molecule has 1 heterocycles. The predicted molar refractivity (Wildman–Crippen MR) is 68.8 cm³/mol. The molecule has 1 rings (SSSR count). The van der Waals surface area contributed by atoms with E-state index in [2.05, 4.69) is 44.0 Å². The van der Waals surface area contributed by atoms with Crippen molar-refractivity contribution in [3.05, 3.63) is 0 Å². The van der Waals surface area contributed by atoms with Crippen LogP contribution in [0.15, 0.2) is 0 Å². The highest BCUT2D eigenvalue weighted by Gasteiger charge is 2.38. The molecule has 1 unspecified atom stereocenters. The van der Waals surface area contributed by atoms with Gasteiger partial charge >= 0.3 is 0 Å². The Hall–Kier alpha value is -0.630. The summed E-state index contributed by atoms with van der Waals surface area (Å²) in [5.74, 6) is 0. The molecular weight excluding hydrogens is 214 g/mol. The van der Waals surface area contributed by atoms with Crippen LogP contribution < -0.4 is 5.32 Å². The van der Waals surface area contributed by atoms with Gasteiger partial charge in [-0.3, -0.25) is 4.90 Å². The Bertz CT molecular complexity index is 278. The van der Waals surface area contributed by atoms with Gasteiger partial charge in [0.2, 0.25) is 0 Å². The van der Waals surface area contributed by atoms with Gasteiger partial charge in [0.25, 0.3) is 0 Å². The normalized spacial score (nSPS) is 25.2. The Labute approximate surface area is 105 Å². The summed E-state index contributed by atoms with van der Waals surface area (Å²) in [7, 11) is 0. The van der Waals surface area contributed by atoms with E-state index in [4.69, 9.17) is 10.00 Å². The van der Waals surface area contributed by atoms with Gasteiger partial charge in [-0.1, -0.05) is 6.92 Å². The van der Waals surface area contributed by atoms with Crippen LogP contribution in [0.4, 0.5) is 0 Å². The van der Waals surface area contributed by atoms with Gasteiger partial charge in [-0.25, -0.2) is 0 Å². The van der Waals surface area contributed by atoms with Gasteiger partial charge in [0.05, 0.1) is 17.3 Å². The first kappa shape index (κ1) is 14.4. The lowest BCUT2D eigenvalue weighted by atomic mass is 9.98. The fourth-order valence-corrected chi connectivity index (χ4v) is 2.73. The maximum atomic E-state index is 9.08. The summed E-state index contributed by atoms with van der Waals surface area (Å²) in [5, 5.41) is 12.3. The van der Waals surface area contributed by atoms with E-state index in [1.54, 1.807) is 0 Å². The summed E-state index contributed by atoms with van der Waals surface area (Å²) in [6, 6.07) is 2.22. The molecule has 0 radical (unpaired) electrons. The minimum absolute atomic E-state index is 0.0929. The highest BCUT2D eigenvalue weighted by molar-refractivity contribution is 4.96. The summed E-state index contributed by atoms with van der Waals surface area (Å²) >= 11 is 0. The summed E-state index contributed by atoms with van der Waals surface area (Å²) in [5.41, 5.74) is -0.290. The van der Waals surface area contributed by atoms with Crippen molar-refractivity contribution in [3.8, 4) is 6.07 Å². The average Bonchev–Trinajstić information content (AvgIpc) is 2.11. The fraction of sp³-hybridized carbons (Fsp3) is 0.923. The molecule has 98 valence electrons. The number of hydrogen-bond donors (Lipinski definition) is 1. The number of morpholine rings is 1. The first-order valence-electron chi connectivity index (χ1n) is 6.33. The third-order valence-corrected chi connectivity index (χ3v) is 2.81. The molecule has 4 nitrogen and oxygen atoms in total. The summed E-state index contributed by atoms with van der Waals surface area (Å²) < 4.78 is 6.02. The van der Waals surface area contributed by atoms with E-state index in [0.29, 0.717) is 0 Å². The molecule has 0 spiro atoms. The molecule has 0 saturated carbocycles. The minimum atomic E-state index is -0.145. The molecule has 0 aromatic rings. The highest BCUT2D eigenvalue weighted by atomic mass is 16.5. The van der Waals surface area contributed by atoms with Gasteiger partial charge in [0.1, 0.15) is 6.04 Å². The molecule has 17 heavy (non-hydrogen) atoms. The highest BCUT2D eigenvalue weighted by Crippen LogP contribution is 2.27. The smallest absolute Gasteiger partial charge is 0.108 e. The van der Waals surface area contributed by atoms with Crippen molar-refractivity contribution in [3.63, 3.8) is 0 Å². The van der Waals surface area contributed by atoms with E-state index in [9.17, 15) is 0 Å². The molecule has 0 bridgehead atoms. The Kier molecular flexibility index (Phi) is 4.54. The molecule has 1 fully saturated rings. The Morgan fingerprint density at radius 1 is 1.29 bits per heavy atom. The molecule has 1 saturated heterocycles. The lowest BCUT2D eigenvalue weighted by molar-refractivity contribution is -0.180. The van der Waals surface area contributed by atoms with Gasteiger partial charge in [-0.2, -0.15) is 5.26 Å². The maximum Gasteiger partial charge on any atom is 0.108 e. The zero-order valence-electron chi connectivity index (χ0n) is 11.7. The van der Waals surface area contributed by atoms with Crippen LogP contribution in [-0.4, -0.2) is 48.3 Å². The van der Waals surface area contributed by atoms with Gasteiger partial charge < -0.3 is 10.1 Å². The van der Waals surface area contributed by atoms with E-state index < -0.39 is 0 Å². The molecule has 1 N–H and O–H groups in total. The fourth-order valence-electron chi connectivity index (χ4n) is 2.73. The SMILES string of the molecule is CCNC(C#N)CN1CC(C)(C)OC(C)(C)C1. The van der Waals surface area contributed by atoms with Crippen LogP contribution in [0.1, 0.15) is 34.6 Å². The Morgan fingerprint density at radius 2 is 1.82 bits per heavy atom. The van der Waals surface area contributed by atoms with Crippen LogP contribution in [-0.2, 0) is 4.74 Å². The number of rotatable bonds is 4. The standard InChI is InChI=1S/C13H25N3O/c1-6-15-11(7-14)8-16-9-12(2,3)17-13(4,5)10-16/h11,15H,6,8-10H2,1-5H3. The van der Waals surface area contributed by atoms with E-state index in [0.717, 1.165) is 26.2 Å². The molecule has 4 heteroatoms. The van der Waals surface area contributed by atoms with Crippen LogP contribution in [0.5, 0.6) is 0 Å².